The Morgan fingerprint density at radius 2 is 2.12 bits per heavy atom. The third kappa shape index (κ3) is 4.07. The van der Waals surface area contributed by atoms with Crippen LogP contribution in [0.1, 0.15) is 25.5 Å². The minimum absolute atomic E-state index is 0.0932. The maximum absolute atomic E-state index is 11.5. The third-order valence-corrected chi connectivity index (χ3v) is 2.42. The molecular weight excluding hydrogens is 218 g/mol. The molecule has 1 amide bonds. The quantitative estimate of drug-likeness (QED) is 0.822. The number of benzene rings is 1. The lowest BCUT2D eigenvalue weighted by atomic mass is 10.1. The molecule has 0 aliphatic heterocycles. The summed E-state index contributed by atoms with van der Waals surface area (Å²) in [7, 11) is 1.62. The second kappa shape index (κ2) is 6.91. The van der Waals surface area contributed by atoms with Crippen LogP contribution in [0.25, 0.3) is 0 Å². The van der Waals surface area contributed by atoms with Gasteiger partial charge in [-0.1, -0.05) is 18.2 Å². The number of hydrogen-bond donors (Lipinski definition) is 1. The summed E-state index contributed by atoms with van der Waals surface area (Å²) in [5.41, 5.74) is 0.958. The number of nitrogens with one attached hydrogen (secondary N) is 1. The van der Waals surface area contributed by atoms with Gasteiger partial charge in [-0.15, -0.1) is 0 Å². The zero-order valence-corrected chi connectivity index (χ0v) is 10.5. The van der Waals surface area contributed by atoms with E-state index in [1.807, 2.05) is 38.1 Å². The summed E-state index contributed by atoms with van der Waals surface area (Å²) in [4.78, 5) is 11.5. The first-order valence-corrected chi connectivity index (χ1v) is 5.69. The van der Waals surface area contributed by atoms with E-state index >= 15 is 0 Å². The fourth-order valence-corrected chi connectivity index (χ4v) is 1.58. The lowest BCUT2D eigenvalue weighted by Crippen LogP contribution is -2.30. The third-order valence-electron chi connectivity index (χ3n) is 2.42. The molecule has 1 atom stereocenters. The molecule has 0 heterocycles. The van der Waals surface area contributed by atoms with Crippen LogP contribution < -0.4 is 10.1 Å². The van der Waals surface area contributed by atoms with Crippen LogP contribution in [0.4, 0.5) is 0 Å². The van der Waals surface area contributed by atoms with E-state index in [0.29, 0.717) is 6.61 Å². The van der Waals surface area contributed by atoms with Crippen molar-refractivity contribution in [1.82, 2.24) is 5.32 Å². The van der Waals surface area contributed by atoms with Crippen LogP contribution in [0, 0.1) is 0 Å². The first kappa shape index (κ1) is 13.5. The first-order chi connectivity index (χ1) is 8.19. The second-order valence-corrected chi connectivity index (χ2v) is 3.67. The zero-order valence-electron chi connectivity index (χ0n) is 10.5. The summed E-state index contributed by atoms with van der Waals surface area (Å²) in [5.74, 6) is 0.655. The van der Waals surface area contributed by atoms with Crippen molar-refractivity contribution in [3.8, 4) is 5.75 Å². The van der Waals surface area contributed by atoms with Crippen LogP contribution in [-0.2, 0) is 9.53 Å². The molecule has 17 heavy (non-hydrogen) atoms. The van der Waals surface area contributed by atoms with E-state index in [2.05, 4.69) is 5.32 Å². The molecule has 1 unspecified atom stereocenters. The second-order valence-electron chi connectivity index (χ2n) is 3.67. The van der Waals surface area contributed by atoms with Crippen molar-refractivity contribution < 1.29 is 14.3 Å². The molecule has 94 valence electrons. The Balaban J connectivity index is 2.62. The average Bonchev–Trinajstić information content (AvgIpc) is 2.36. The molecular formula is C13H19NO3. The summed E-state index contributed by atoms with van der Waals surface area (Å²) in [6, 6.07) is 7.53. The molecule has 0 aliphatic carbocycles. The fourth-order valence-electron chi connectivity index (χ4n) is 1.58. The number of rotatable bonds is 6. The van der Waals surface area contributed by atoms with Gasteiger partial charge in [0.05, 0.1) is 13.2 Å². The standard InChI is InChI=1S/C13H19NO3/c1-4-17-9-13(15)14-10(2)11-7-5-6-8-12(11)16-3/h5-8,10H,4,9H2,1-3H3,(H,14,15). The number of para-hydroxylation sites is 1. The van der Waals surface area contributed by atoms with Crippen molar-refractivity contribution in [2.75, 3.05) is 20.3 Å². The number of carbonyl (C=O) groups is 1. The number of amides is 1. The molecule has 0 saturated carbocycles. The van der Waals surface area contributed by atoms with Crippen molar-refractivity contribution in [2.45, 2.75) is 19.9 Å². The Hall–Kier alpha value is -1.55. The van der Waals surface area contributed by atoms with Crippen LogP contribution in [0.15, 0.2) is 24.3 Å². The molecule has 1 aromatic rings. The lowest BCUT2D eigenvalue weighted by molar-refractivity contribution is -0.126. The highest BCUT2D eigenvalue weighted by molar-refractivity contribution is 5.77. The summed E-state index contributed by atoms with van der Waals surface area (Å²) in [5, 5.41) is 2.86. The van der Waals surface area contributed by atoms with Crippen molar-refractivity contribution in [2.24, 2.45) is 0 Å². The number of ether oxygens (including phenoxy) is 2. The van der Waals surface area contributed by atoms with E-state index in [1.165, 1.54) is 0 Å². The molecule has 0 saturated heterocycles. The summed E-state index contributed by atoms with van der Waals surface area (Å²) in [6.45, 7) is 4.41. The van der Waals surface area contributed by atoms with Crippen LogP contribution in [-0.4, -0.2) is 26.2 Å². The van der Waals surface area contributed by atoms with E-state index in [0.717, 1.165) is 11.3 Å². The monoisotopic (exact) mass is 237 g/mol. The van der Waals surface area contributed by atoms with E-state index in [-0.39, 0.29) is 18.6 Å². The van der Waals surface area contributed by atoms with Gasteiger partial charge in [-0.2, -0.15) is 0 Å². The first-order valence-electron chi connectivity index (χ1n) is 5.69. The van der Waals surface area contributed by atoms with Gasteiger partial charge >= 0.3 is 0 Å². The molecule has 0 aliphatic rings. The summed E-state index contributed by atoms with van der Waals surface area (Å²) in [6.07, 6.45) is 0. The minimum Gasteiger partial charge on any atom is -0.496 e. The Morgan fingerprint density at radius 3 is 2.76 bits per heavy atom. The minimum atomic E-state index is -0.120. The Bertz CT molecular complexity index is 365. The molecule has 0 bridgehead atoms. The fraction of sp³-hybridized carbons (Fsp3) is 0.462. The molecule has 0 radical (unpaired) electrons. The molecule has 0 spiro atoms. The maximum Gasteiger partial charge on any atom is 0.246 e. The van der Waals surface area contributed by atoms with Gasteiger partial charge in [0.1, 0.15) is 12.4 Å². The van der Waals surface area contributed by atoms with Crippen molar-refractivity contribution in [3.05, 3.63) is 29.8 Å². The summed E-state index contributed by atoms with van der Waals surface area (Å²) >= 11 is 0. The number of hydrogen-bond acceptors (Lipinski definition) is 3. The van der Waals surface area contributed by atoms with Crippen LogP contribution in [0.5, 0.6) is 5.75 Å². The molecule has 1 aromatic carbocycles. The molecule has 4 nitrogen and oxygen atoms in total. The SMILES string of the molecule is CCOCC(=O)NC(C)c1ccccc1OC. The highest BCUT2D eigenvalue weighted by Crippen LogP contribution is 2.23. The van der Waals surface area contributed by atoms with E-state index < -0.39 is 0 Å². The Labute approximate surface area is 102 Å². The molecule has 0 aromatic heterocycles. The summed E-state index contributed by atoms with van der Waals surface area (Å²) < 4.78 is 10.3. The predicted molar refractivity (Wildman–Crippen MR) is 66.0 cm³/mol. The molecule has 0 fully saturated rings. The molecule has 1 N–H and O–H groups in total. The Kier molecular flexibility index (Phi) is 5.49. The van der Waals surface area contributed by atoms with Gasteiger partial charge in [-0.25, -0.2) is 0 Å². The van der Waals surface area contributed by atoms with E-state index in [1.54, 1.807) is 7.11 Å². The smallest absolute Gasteiger partial charge is 0.246 e. The maximum atomic E-state index is 11.5. The van der Waals surface area contributed by atoms with Gasteiger partial charge in [0.2, 0.25) is 5.91 Å². The topological polar surface area (TPSA) is 47.6 Å². The van der Waals surface area contributed by atoms with Gasteiger partial charge in [0.15, 0.2) is 0 Å². The van der Waals surface area contributed by atoms with Gasteiger partial charge in [-0.05, 0) is 19.9 Å². The van der Waals surface area contributed by atoms with Gasteiger partial charge in [0, 0.05) is 12.2 Å². The number of methoxy groups -OCH3 is 1. The number of carbonyl (C=O) groups excluding carboxylic acids is 1. The van der Waals surface area contributed by atoms with Crippen LogP contribution >= 0.6 is 0 Å². The molecule has 1 rings (SSSR count). The highest BCUT2D eigenvalue weighted by atomic mass is 16.5. The van der Waals surface area contributed by atoms with Gasteiger partial charge in [0.25, 0.3) is 0 Å². The van der Waals surface area contributed by atoms with Crippen molar-refractivity contribution in [3.63, 3.8) is 0 Å². The Morgan fingerprint density at radius 1 is 1.41 bits per heavy atom. The van der Waals surface area contributed by atoms with Gasteiger partial charge in [-0.3, -0.25) is 4.79 Å². The van der Waals surface area contributed by atoms with Crippen molar-refractivity contribution in [1.29, 1.82) is 0 Å². The highest BCUT2D eigenvalue weighted by Gasteiger charge is 2.13. The predicted octanol–water partition coefficient (Wildman–Crippen LogP) is 1.91. The zero-order chi connectivity index (χ0) is 12.7. The normalized spacial score (nSPS) is 11.9. The van der Waals surface area contributed by atoms with E-state index in [4.69, 9.17) is 9.47 Å². The molecule has 4 heteroatoms. The van der Waals surface area contributed by atoms with Crippen LogP contribution in [0.2, 0.25) is 0 Å². The van der Waals surface area contributed by atoms with Gasteiger partial charge < -0.3 is 14.8 Å². The van der Waals surface area contributed by atoms with E-state index in [9.17, 15) is 4.79 Å². The average molecular weight is 237 g/mol. The lowest BCUT2D eigenvalue weighted by Gasteiger charge is -2.17. The largest absolute Gasteiger partial charge is 0.496 e. The van der Waals surface area contributed by atoms with Crippen molar-refractivity contribution >= 4 is 5.91 Å². The van der Waals surface area contributed by atoms with Crippen LogP contribution in [0.3, 0.4) is 0 Å².